The van der Waals surface area contributed by atoms with Gasteiger partial charge in [-0.05, 0) is 18.6 Å². The van der Waals surface area contributed by atoms with Crippen LogP contribution in [0.15, 0.2) is 24.3 Å². The molecule has 1 heterocycles. The molecule has 1 aromatic carbocycles. The quantitative estimate of drug-likeness (QED) is 0.903. The molecule has 0 saturated carbocycles. The van der Waals surface area contributed by atoms with Crippen molar-refractivity contribution in [3.63, 3.8) is 0 Å². The van der Waals surface area contributed by atoms with E-state index in [1.807, 2.05) is 0 Å². The summed E-state index contributed by atoms with van der Waals surface area (Å²) >= 11 is 0. The van der Waals surface area contributed by atoms with E-state index in [-0.39, 0.29) is 18.7 Å². The van der Waals surface area contributed by atoms with Gasteiger partial charge in [0.1, 0.15) is 6.04 Å². The lowest BCUT2D eigenvalue weighted by molar-refractivity contribution is -0.138. The average molecular weight is 286 g/mol. The van der Waals surface area contributed by atoms with Gasteiger partial charge in [-0.3, -0.25) is 14.5 Å². The molecule has 20 heavy (non-hydrogen) atoms. The van der Waals surface area contributed by atoms with E-state index in [1.165, 1.54) is 18.2 Å². The highest BCUT2D eigenvalue weighted by Crippen LogP contribution is 2.37. The number of halogens is 3. The molecule has 1 aliphatic rings. The average Bonchev–Trinajstić information content (AvgIpc) is 2.40. The van der Waals surface area contributed by atoms with Gasteiger partial charge in [-0.2, -0.15) is 13.2 Å². The summed E-state index contributed by atoms with van der Waals surface area (Å²) in [5, 5.41) is 2.38. The Morgan fingerprint density at radius 3 is 2.55 bits per heavy atom. The molecule has 1 atom stereocenters. The Bertz CT molecular complexity index is 543. The molecule has 1 aromatic rings. The molecule has 0 spiro atoms. The van der Waals surface area contributed by atoms with Crippen LogP contribution in [0.3, 0.4) is 0 Å². The number of nitrogens with zero attached hydrogens (tertiary/aromatic N) is 1. The maximum atomic E-state index is 13.0. The molecule has 1 unspecified atom stereocenters. The Morgan fingerprint density at radius 2 is 1.95 bits per heavy atom. The monoisotopic (exact) mass is 286 g/mol. The molecule has 2 rings (SSSR count). The molecule has 4 nitrogen and oxygen atoms in total. The van der Waals surface area contributed by atoms with E-state index in [1.54, 1.807) is 6.92 Å². The molecule has 7 heteroatoms. The van der Waals surface area contributed by atoms with Crippen molar-refractivity contribution in [3.05, 3.63) is 29.8 Å². The molecule has 0 aliphatic carbocycles. The first kappa shape index (κ1) is 14.4. The minimum atomic E-state index is -4.58. The van der Waals surface area contributed by atoms with Gasteiger partial charge in [0.25, 0.3) is 0 Å². The van der Waals surface area contributed by atoms with Crippen LogP contribution in [0.1, 0.15) is 18.9 Å². The molecule has 1 fully saturated rings. The number of benzene rings is 1. The standard InChI is InChI=1S/C13H13F3N2O2/c1-2-9-12(20)17-7-11(19)18(9)10-6-4-3-5-8(10)13(14,15)16/h3-6,9H,2,7H2,1H3,(H,17,20). The molecule has 0 aromatic heterocycles. The van der Waals surface area contributed by atoms with Crippen LogP contribution in [0.2, 0.25) is 0 Å². The normalized spacial score (nSPS) is 20.0. The van der Waals surface area contributed by atoms with Crippen molar-refractivity contribution >= 4 is 17.5 Å². The fraction of sp³-hybridized carbons (Fsp3) is 0.385. The van der Waals surface area contributed by atoms with E-state index in [4.69, 9.17) is 0 Å². The van der Waals surface area contributed by atoms with Crippen molar-refractivity contribution in [2.24, 2.45) is 0 Å². The summed E-state index contributed by atoms with van der Waals surface area (Å²) in [5.74, 6) is -0.989. The maximum Gasteiger partial charge on any atom is 0.418 e. The lowest BCUT2D eigenvalue weighted by atomic mass is 10.0. The lowest BCUT2D eigenvalue weighted by Gasteiger charge is -2.35. The van der Waals surface area contributed by atoms with Gasteiger partial charge in [0, 0.05) is 0 Å². The van der Waals surface area contributed by atoms with E-state index in [0.29, 0.717) is 0 Å². The number of carbonyl (C=O) groups excluding carboxylic acids is 2. The van der Waals surface area contributed by atoms with Gasteiger partial charge < -0.3 is 5.32 Å². The van der Waals surface area contributed by atoms with E-state index in [2.05, 4.69) is 5.32 Å². The van der Waals surface area contributed by atoms with Crippen LogP contribution >= 0.6 is 0 Å². The Balaban J connectivity index is 2.53. The van der Waals surface area contributed by atoms with Gasteiger partial charge in [-0.15, -0.1) is 0 Å². The first-order valence-corrected chi connectivity index (χ1v) is 6.12. The zero-order valence-corrected chi connectivity index (χ0v) is 10.7. The summed E-state index contributed by atoms with van der Waals surface area (Å²) in [6.07, 6.45) is -4.34. The van der Waals surface area contributed by atoms with Gasteiger partial charge in [-0.25, -0.2) is 0 Å². The summed E-state index contributed by atoms with van der Waals surface area (Å²) in [6.45, 7) is 1.35. The zero-order chi connectivity index (χ0) is 14.9. The van der Waals surface area contributed by atoms with Crippen LogP contribution in [0.4, 0.5) is 18.9 Å². The first-order valence-electron chi connectivity index (χ1n) is 6.12. The van der Waals surface area contributed by atoms with Gasteiger partial charge in [0.2, 0.25) is 11.8 Å². The molecule has 108 valence electrons. The SMILES string of the molecule is CCC1C(=O)NCC(=O)N1c1ccccc1C(F)(F)F. The van der Waals surface area contributed by atoms with Gasteiger partial charge >= 0.3 is 6.18 Å². The Labute approximate surface area is 113 Å². The molecular weight excluding hydrogens is 273 g/mol. The maximum absolute atomic E-state index is 13.0. The summed E-state index contributed by atoms with van der Waals surface area (Å²) in [5.41, 5.74) is -1.19. The number of amides is 2. The number of anilines is 1. The molecule has 0 bridgehead atoms. The van der Waals surface area contributed by atoms with Crippen LogP contribution in [0.25, 0.3) is 0 Å². The third kappa shape index (κ3) is 2.48. The van der Waals surface area contributed by atoms with E-state index in [9.17, 15) is 22.8 Å². The van der Waals surface area contributed by atoms with Crippen LogP contribution in [-0.4, -0.2) is 24.4 Å². The highest BCUT2D eigenvalue weighted by Gasteiger charge is 2.40. The number of hydrogen-bond donors (Lipinski definition) is 1. The van der Waals surface area contributed by atoms with Crippen LogP contribution in [0, 0.1) is 0 Å². The number of nitrogens with one attached hydrogen (secondary N) is 1. The van der Waals surface area contributed by atoms with Crippen molar-refractivity contribution < 1.29 is 22.8 Å². The molecule has 1 aliphatic heterocycles. The number of carbonyl (C=O) groups is 2. The number of alkyl halides is 3. The second-order valence-corrected chi connectivity index (χ2v) is 4.42. The third-order valence-corrected chi connectivity index (χ3v) is 3.15. The fourth-order valence-corrected chi connectivity index (χ4v) is 2.25. The van der Waals surface area contributed by atoms with Gasteiger partial charge in [0.15, 0.2) is 0 Å². The van der Waals surface area contributed by atoms with Crippen LogP contribution < -0.4 is 10.2 Å². The van der Waals surface area contributed by atoms with Crippen molar-refractivity contribution in [1.82, 2.24) is 5.32 Å². The van der Waals surface area contributed by atoms with Crippen LogP contribution in [-0.2, 0) is 15.8 Å². The van der Waals surface area contributed by atoms with Crippen molar-refractivity contribution in [1.29, 1.82) is 0 Å². The minimum absolute atomic E-state index is 0.240. The minimum Gasteiger partial charge on any atom is -0.345 e. The lowest BCUT2D eigenvalue weighted by Crippen LogP contribution is -2.58. The Morgan fingerprint density at radius 1 is 1.30 bits per heavy atom. The molecule has 1 N–H and O–H groups in total. The second-order valence-electron chi connectivity index (χ2n) is 4.42. The van der Waals surface area contributed by atoms with Gasteiger partial charge in [0.05, 0.1) is 17.8 Å². The number of rotatable bonds is 2. The highest BCUT2D eigenvalue weighted by atomic mass is 19.4. The predicted octanol–water partition coefficient (Wildman–Crippen LogP) is 1.95. The largest absolute Gasteiger partial charge is 0.418 e. The van der Waals surface area contributed by atoms with Crippen molar-refractivity contribution in [2.45, 2.75) is 25.6 Å². The fourth-order valence-electron chi connectivity index (χ4n) is 2.25. The Hall–Kier alpha value is -2.05. The second kappa shape index (κ2) is 5.15. The third-order valence-electron chi connectivity index (χ3n) is 3.15. The summed E-state index contributed by atoms with van der Waals surface area (Å²) in [7, 11) is 0. The first-order chi connectivity index (χ1) is 9.36. The number of piperazine rings is 1. The van der Waals surface area contributed by atoms with Crippen LogP contribution in [0.5, 0.6) is 0 Å². The Kier molecular flexibility index (Phi) is 3.69. The number of hydrogen-bond acceptors (Lipinski definition) is 2. The number of para-hydroxylation sites is 1. The molecule has 1 saturated heterocycles. The predicted molar refractivity (Wildman–Crippen MR) is 66.0 cm³/mol. The van der Waals surface area contributed by atoms with Crippen molar-refractivity contribution in [3.8, 4) is 0 Å². The summed E-state index contributed by atoms with van der Waals surface area (Å²) in [4.78, 5) is 24.6. The smallest absolute Gasteiger partial charge is 0.345 e. The zero-order valence-electron chi connectivity index (χ0n) is 10.7. The molecule has 2 amide bonds. The van der Waals surface area contributed by atoms with Crippen molar-refractivity contribution in [2.75, 3.05) is 11.4 Å². The topological polar surface area (TPSA) is 49.4 Å². The highest BCUT2D eigenvalue weighted by molar-refractivity contribution is 6.06. The van der Waals surface area contributed by atoms with Gasteiger partial charge in [-0.1, -0.05) is 19.1 Å². The van der Waals surface area contributed by atoms with E-state index in [0.717, 1.165) is 11.0 Å². The molecular formula is C13H13F3N2O2. The van der Waals surface area contributed by atoms with E-state index < -0.39 is 29.6 Å². The summed E-state index contributed by atoms with van der Waals surface area (Å²) in [6, 6.07) is 3.86. The van der Waals surface area contributed by atoms with E-state index >= 15 is 0 Å². The summed E-state index contributed by atoms with van der Waals surface area (Å²) < 4.78 is 39.1. The molecule has 0 radical (unpaired) electrons.